The Morgan fingerprint density at radius 3 is 2.50 bits per heavy atom. The summed E-state index contributed by atoms with van der Waals surface area (Å²) in [5.74, 6) is -0.0649. The summed E-state index contributed by atoms with van der Waals surface area (Å²) in [5, 5.41) is 3.36. The molecule has 0 bridgehead atoms. The quantitative estimate of drug-likeness (QED) is 0.897. The lowest BCUT2D eigenvalue weighted by molar-refractivity contribution is -0.0337. The third-order valence-corrected chi connectivity index (χ3v) is 3.22. The standard InChI is InChI=1S/C14H20FNO2/c1-9-6-12(7-10(2)18-9)16-11-4-5-14(17-3)13(15)8-11/h4-5,8-10,12,16H,6-7H2,1-3H3. The van der Waals surface area contributed by atoms with Crippen molar-refractivity contribution >= 4 is 5.69 Å². The molecule has 1 N–H and O–H groups in total. The van der Waals surface area contributed by atoms with Gasteiger partial charge in [-0.05, 0) is 38.8 Å². The fraction of sp³-hybridized carbons (Fsp3) is 0.571. The van der Waals surface area contributed by atoms with Gasteiger partial charge in [0.1, 0.15) is 0 Å². The van der Waals surface area contributed by atoms with E-state index in [0.717, 1.165) is 18.5 Å². The highest BCUT2D eigenvalue weighted by atomic mass is 19.1. The van der Waals surface area contributed by atoms with Gasteiger partial charge in [0.2, 0.25) is 0 Å². The van der Waals surface area contributed by atoms with Crippen LogP contribution in [0.15, 0.2) is 18.2 Å². The Hall–Kier alpha value is -1.29. The number of methoxy groups -OCH3 is 1. The van der Waals surface area contributed by atoms with Crippen LogP contribution in [-0.4, -0.2) is 25.4 Å². The number of hydrogen-bond donors (Lipinski definition) is 1. The zero-order chi connectivity index (χ0) is 13.1. The minimum Gasteiger partial charge on any atom is -0.494 e. The topological polar surface area (TPSA) is 30.5 Å². The van der Waals surface area contributed by atoms with Crippen molar-refractivity contribution in [2.24, 2.45) is 0 Å². The summed E-state index contributed by atoms with van der Waals surface area (Å²) in [6, 6.07) is 5.29. The van der Waals surface area contributed by atoms with Crippen molar-refractivity contribution in [3.05, 3.63) is 24.0 Å². The van der Waals surface area contributed by atoms with Crippen LogP contribution in [0.3, 0.4) is 0 Å². The van der Waals surface area contributed by atoms with E-state index in [2.05, 4.69) is 19.2 Å². The molecule has 1 aliphatic heterocycles. The van der Waals surface area contributed by atoms with Crippen molar-refractivity contribution in [1.82, 2.24) is 0 Å². The molecule has 4 heteroatoms. The van der Waals surface area contributed by atoms with E-state index < -0.39 is 0 Å². The van der Waals surface area contributed by atoms with Gasteiger partial charge in [0.15, 0.2) is 11.6 Å². The van der Waals surface area contributed by atoms with E-state index in [4.69, 9.17) is 9.47 Å². The Bertz CT molecular complexity index is 401. The van der Waals surface area contributed by atoms with E-state index >= 15 is 0 Å². The van der Waals surface area contributed by atoms with E-state index in [-0.39, 0.29) is 23.8 Å². The van der Waals surface area contributed by atoms with Crippen molar-refractivity contribution in [3.63, 3.8) is 0 Å². The van der Waals surface area contributed by atoms with Gasteiger partial charge < -0.3 is 14.8 Å². The van der Waals surface area contributed by atoms with Gasteiger partial charge in [-0.25, -0.2) is 4.39 Å². The lowest BCUT2D eigenvalue weighted by Gasteiger charge is -2.33. The van der Waals surface area contributed by atoms with Gasteiger partial charge in [0.25, 0.3) is 0 Å². The van der Waals surface area contributed by atoms with Gasteiger partial charge in [-0.15, -0.1) is 0 Å². The predicted octanol–water partition coefficient (Wildman–Crippen LogP) is 3.20. The summed E-state index contributed by atoms with van der Waals surface area (Å²) < 4.78 is 24.1. The zero-order valence-corrected chi connectivity index (χ0v) is 11.1. The average molecular weight is 253 g/mol. The molecule has 1 heterocycles. The SMILES string of the molecule is COc1ccc(NC2CC(C)OC(C)C2)cc1F. The van der Waals surface area contributed by atoms with Crippen LogP contribution in [-0.2, 0) is 4.74 Å². The summed E-state index contributed by atoms with van der Waals surface area (Å²) in [6.07, 6.45) is 2.37. The van der Waals surface area contributed by atoms with Crippen LogP contribution in [0.25, 0.3) is 0 Å². The van der Waals surface area contributed by atoms with Crippen LogP contribution in [0, 0.1) is 5.82 Å². The first kappa shape index (κ1) is 13.1. The molecule has 3 nitrogen and oxygen atoms in total. The molecule has 2 rings (SSSR count). The lowest BCUT2D eigenvalue weighted by atomic mass is 9.99. The molecule has 1 aliphatic rings. The number of benzene rings is 1. The van der Waals surface area contributed by atoms with Crippen molar-refractivity contribution < 1.29 is 13.9 Å². The molecule has 1 aromatic carbocycles. The smallest absolute Gasteiger partial charge is 0.167 e. The fourth-order valence-corrected chi connectivity index (χ4v) is 2.51. The maximum Gasteiger partial charge on any atom is 0.167 e. The predicted molar refractivity (Wildman–Crippen MR) is 69.6 cm³/mol. The molecule has 100 valence electrons. The Morgan fingerprint density at radius 1 is 1.28 bits per heavy atom. The average Bonchev–Trinajstić information content (AvgIpc) is 2.27. The highest BCUT2D eigenvalue weighted by molar-refractivity contribution is 5.48. The number of halogens is 1. The monoisotopic (exact) mass is 253 g/mol. The maximum absolute atomic E-state index is 13.6. The molecule has 0 spiro atoms. The first-order valence-corrected chi connectivity index (χ1v) is 6.34. The summed E-state index contributed by atoms with van der Waals surface area (Å²) >= 11 is 0. The fourth-order valence-electron chi connectivity index (χ4n) is 2.51. The number of hydrogen-bond acceptors (Lipinski definition) is 3. The molecule has 2 unspecified atom stereocenters. The molecule has 2 atom stereocenters. The number of nitrogens with one attached hydrogen (secondary N) is 1. The molecule has 0 aromatic heterocycles. The molecule has 1 aromatic rings. The molecule has 0 saturated carbocycles. The van der Waals surface area contributed by atoms with Crippen LogP contribution < -0.4 is 10.1 Å². The summed E-state index contributed by atoms with van der Waals surface area (Å²) in [5.41, 5.74) is 0.791. The van der Waals surface area contributed by atoms with Crippen molar-refractivity contribution in [1.29, 1.82) is 0 Å². The van der Waals surface area contributed by atoms with E-state index in [9.17, 15) is 4.39 Å². The summed E-state index contributed by atoms with van der Waals surface area (Å²) in [6.45, 7) is 4.14. The van der Waals surface area contributed by atoms with Gasteiger partial charge in [-0.2, -0.15) is 0 Å². The van der Waals surface area contributed by atoms with Crippen molar-refractivity contribution in [3.8, 4) is 5.75 Å². The highest BCUT2D eigenvalue weighted by Gasteiger charge is 2.24. The second-order valence-corrected chi connectivity index (χ2v) is 4.92. The molecular formula is C14H20FNO2. The second-order valence-electron chi connectivity index (χ2n) is 4.92. The zero-order valence-electron chi connectivity index (χ0n) is 11.1. The summed E-state index contributed by atoms with van der Waals surface area (Å²) in [7, 11) is 1.47. The van der Waals surface area contributed by atoms with Gasteiger partial charge in [0, 0.05) is 17.8 Å². The largest absolute Gasteiger partial charge is 0.494 e. The minimum absolute atomic E-state index is 0.245. The van der Waals surface area contributed by atoms with Crippen LogP contribution in [0.5, 0.6) is 5.75 Å². The van der Waals surface area contributed by atoms with E-state index in [1.165, 1.54) is 13.2 Å². The number of rotatable bonds is 3. The molecule has 0 aliphatic carbocycles. The van der Waals surface area contributed by atoms with Gasteiger partial charge in [-0.1, -0.05) is 0 Å². The van der Waals surface area contributed by atoms with E-state index in [1.807, 2.05) is 6.07 Å². The third-order valence-electron chi connectivity index (χ3n) is 3.22. The second kappa shape index (κ2) is 5.57. The van der Waals surface area contributed by atoms with Crippen molar-refractivity contribution in [2.45, 2.75) is 44.9 Å². The highest BCUT2D eigenvalue weighted by Crippen LogP contribution is 2.25. The van der Waals surface area contributed by atoms with Crippen molar-refractivity contribution in [2.75, 3.05) is 12.4 Å². The first-order chi connectivity index (χ1) is 8.58. The molecular weight excluding hydrogens is 233 g/mol. The third kappa shape index (κ3) is 3.13. The van der Waals surface area contributed by atoms with Crippen LogP contribution in [0.1, 0.15) is 26.7 Å². The molecule has 1 fully saturated rings. The lowest BCUT2D eigenvalue weighted by Crippen LogP contribution is -2.36. The molecule has 18 heavy (non-hydrogen) atoms. The Labute approximate surface area is 107 Å². The molecule has 1 saturated heterocycles. The van der Waals surface area contributed by atoms with Crippen LogP contribution in [0.2, 0.25) is 0 Å². The Balaban J connectivity index is 2.02. The van der Waals surface area contributed by atoms with Crippen LogP contribution in [0.4, 0.5) is 10.1 Å². The normalized spacial score (nSPS) is 27.9. The molecule has 0 radical (unpaired) electrons. The van der Waals surface area contributed by atoms with Gasteiger partial charge >= 0.3 is 0 Å². The number of ether oxygens (including phenoxy) is 2. The van der Waals surface area contributed by atoms with E-state index in [0.29, 0.717) is 6.04 Å². The van der Waals surface area contributed by atoms with Crippen LogP contribution >= 0.6 is 0 Å². The van der Waals surface area contributed by atoms with Gasteiger partial charge in [-0.3, -0.25) is 0 Å². The Kier molecular flexibility index (Phi) is 4.07. The minimum atomic E-state index is -0.337. The maximum atomic E-state index is 13.6. The first-order valence-electron chi connectivity index (χ1n) is 6.34. The number of anilines is 1. The Morgan fingerprint density at radius 2 is 1.94 bits per heavy atom. The van der Waals surface area contributed by atoms with Gasteiger partial charge in [0.05, 0.1) is 19.3 Å². The van der Waals surface area contributed by atoms with E-state index in [1.54, 1.807) is 6.07 Å². The summed E-state index contributed by atoms with van der Waals surface area (Å²) in [4.78, 5) is 0. The molecule has 0 amide bonds.